The van der Waals surface area contributed by atoms with E-state index in [1.165, 1.54) is 0 Å². The zero-order valence-corrected chi connectivity index (χ0v) is 7.74. The Bertz CT molecular complexity index is 83.1. The number of hydrogen-bond acceptors (Lipinski definition) is 1. The number of alkyl halides is 1. The van der Waals surface area contributed by atoms with Crippen LogP contribution >= 0.6 is 0 Å². The molecule has 0 aromatic carbocycles. The maximum Gasteiger partial charge on any atom is 0.124 e. The molecule has 0 unspecified atom stereocenters. The average Bonchev–Trinajstić information content (AvgIpc) is 1.65. The quantitative estimate of drug-likeness (QED) is 0.552. The number of rotatable bonds is 3. The van der Waals surface area contributed by atoms with E-state index in [0.29, 0.717) is 0 Å². The minimum atomic E-state index is -1.32. The number of nitrogens with zero attached hydrogens (tertiary/aromatic N) is 1. The molecule has 9 heavy (non-hydrogen) atoms. The molecule has 0 bridgehead atoms. The lowest BCUT2D eigenvalue weighted by molar-refractivity contribution is 0.506. The predicted molar refractivity (Wildman–Crippen MR) is 42.0 cm³/mol. The fourth-order valence-electron chi connectivity index (χ4n) is 0.455. The minimum Gasteiger partial charge on any atom is -0.329 e. The lowest BCUT2D eigenvalue weighted by Gasteiger charge is -2.28. The Morgan fingerprint density at radius 3 is 1.89 bits per heavy atom. The molecule has 0 aliphatic heterocycles. The molecule has 3 heteroatoms. The van der Waals surface area contributed by atoms with Crippen LogP contribution in [0, 0.1) is 0 Å². The van der Waals surface area contributed by atoms with Crippen molar-refractivity contribution in [2.45, 2.75) is 19.1 Å². The molecule has 0 amide bonds. The Kier molecular flexibility index (Phi) is 3.36. The fourth-order valence-corrected chi connectivity index (χ4v) is 1.36. The van der Waals surface area contributed by atoms with Gasteiger partial charge in [0.05, 0.1) is 6.67 Å². The van der Waals surface area contributed by atoms with Crippen LogP contribution in [0.15, 0.2) is 0 Å². The lowest BCUT2D eigenvalue weighted by Crippen LogP contribution is -2.43. The van der Waals surface area contributed by atoms with Crippen molar-refractivity contribution in [3.63, 3.8) is 0 Å². The van der Waals surface area contributed by atoms with Crippen molar-refractivity contribution in [3.05, 3.63) is 0 Å². The van der Waals surface area contributed by atoms with E-state index < -0.39 is 8.24 Å². The van der Waals surface area contributed by atoms with Crippen molar-refractivity contribution in [1.29, 1.82) is 0 Å². The van der Waals surface area contributed by atoms with Gasteiger partial charge < -0.3 is 4.57 Å². The largest absolute Gasteiger partial charge is 0.329 e. The van der Waals surface area contributed by atoms with Gasteiger partial charge in [-0.3, -0.25) is 4.39 Å². The molecule has 0 fully saturated rings. The van der Waals surface area contributed by atoms with Crippen LogP contribution in [0.1, 0.15) is 0 Å². The van der Waals surface area contributed by atoms with E-state index in [1.807, 2.05) is 14.1 Å². The zero-order valence-electron chi connectivity index (χ0n) is 6.74. The maximum atomic E-state index is 11.9. The number of hydrogen-bond donors (Lipinski definition) is 0. The molecule has 0 aromatic heterocycles. The Hall–Kier alpha value is 0.107. The highest BCUT2D eigenvalue weighted by atomic mass is 28.3. The van der Waals surface area contributed by atoms with Crippen LogP contribution in [0.2, 0.25) is 19.1 Å². The molecule has 0 aromatic rings. The van der Waals surface area contributed by atoms with Crippen molar-refractivity contribution in [2.24, 2.45) is 0 Å². The Labute approximate surface area is 58.0 Å². The summed E-state index contributed by atoms with van der Waals surface area (Å²) < 4.78 is 14.0. The van der Waals surface area contributed by atoms with Gasteiger partial charge in [-0.2, -0.15) is 0 Å². The molecule has 0 rings (SSSR count). The Morgan fingerprint density at radius 2 is 1.78 bits per heavy atom. The lowest BCUT2D eigenvalue weighted by atomic mass is 10.9. The van der Waals surface area contributed by atoms with Crippen molar-refractivity contribution in [3.8, 4) is 0 Å². The summed E-state index contributed by atoms with van der Waals surface area (Å²) >= 11 is 0. The first-order valence-electron chi connectivity index (χ1n) is 3.24. The third-order valence-corrected chi connectivity index (χ3v) is 5.75. The van der Waals surface area contributed by atoms with Gasteiger partial charge in [0.1, 0.15) is 8.24 Å². The summed E-state index contributed by atoms with van der Waals surface area (Å²) in [6.07, 6.45) is 0. The molecule has 0 saturated carbocycles. The van der Waals surface area contributed by atoms with E-state index in [4.69, 9.17) is 0 Å². The topological polar surface area (TPSA) is 3.24 Å². The maximum absolute atomic E-state index is 11.9. The second-order valence-electron chi connectivity index (χ2n) is 3.15. The van der Waals surface area contributed by atoms with Crippen molar-refractivity contribution in [1.82, 2.24) is 4.57 Å². The third-order valence-electron chi connectivity index (χ3n) is 1.92. The molecule has 0 heterocycles. The highest BCUT2D eigenvalue weighted by Crippen LogP contribution is 2.10. The highest BCUT2D eigenvalue weighted by Gasteiger charge is 2.22. The van der Waals surface area contributed by atoms with E-state index in [9.17, 15) is 4.39 Å². The molecule has 0 aliphatic carbocycles. The van der Waals surface area contributed by atoms with Crippen molar-refractivity contribution in [2.75, 3.05) is 20.8 Å². The molecule has 0 saturated heterocycles. The summed E-state index contributed by atoms with van der Waals surface area (Å²) in [6, 6.07) is 0.750. The van der Waals surface area contributed by atoms with Gasteiger partial charge >= 0.3 is 0 Å². The van der Waals surface area contributed by atoms with Gasteiger partial charge in [-0.05, 0) is 20.1 Å². The second-order valence-corrected chi connectivity index (χ2v) is 8.17. The first kappa shape index (κ1) is 9.11. The van der Waals surface area contributed by atoms with Crippen LogP contribution in [0.3, 0.4) is 0 Å². The van der Waals surface area contributed by atoms with Crippen LogP contribution in [-0.4, -0.2) is 33.6 Å². The van der Waals surface area contributed by atoms with Crippen LogP contribution in [-0.2, 0) is 0 Å². The van der Waals surface area contributed by atoms with Gasteiger partial charge in [0.25, 0.3) is 0 Å². The monoisotopic (exact) mass is 149 g/mol. The zero-order chi connectivity index (χ0) is 7.49. The van der Waals surface area contributed by atoms with Crippen LogP contribution in [0.25, 0.3) is 0 Å². The van der Waals surface area contributed by atoms with E-state index in [0.717, 1.165) is 6.04 Å². The van der Waals surface area contributed by atoms with Gasteiger partial charge in [0.2, 0.25) is 0 Å². The number of halogens is 1. The normalized spacial score (nSPS) is 12.7. The molecule has 0 spiro atoms. The summed E-state index contributed by atoms with van der Waals surface area (Å²) in [5.41, 5.74) is 0. The molecule has 0 atom stereocenters. The Balaban J connectivity index is 3.70. The van der Waals surface area contributed by atoms with Gasteiger partial charge in [0, 0.05) is 0 Å². The van der Waals surface area contributed by atoms with Gasteiger partial charge in [-0.25, -0.2) is 0 Å². The summed E-state index contributed by atoms with van der Waals surface area (Å²) in [7, 11) is 2.74. The average molecular weight is 149 g/mol. The Morgan fingerprint density at radius 1 is 1.33 bits per heavy atom. The van der Waals surface area contributed by atoms with E-state index in [-0.39, 0.29) is 6.67 Å². The molecular formula is C6H16FNSi. The van der Waals surface area contributed by atoms with Crippen LogP contribution in [0.4, 0.5) is 4.39 Å². The first-order chi connectivity index (χ1) is 4.00. The predicted octanol–water partition coefficient (Wildman–Crippen LogP) is 1.72. The van der Waals surface area contributed by atoms with E-state index >= 15 is 0 Å². The van der Waals surface area contributed by atoms with Crippen LogP contribution in [0.5, 0.6) is 0 Å². The molecule has 0 radical (unpaired) electrons. The van der Waals surface area contributed by atoms with Crippen molar-refractivity contribution < 1.29 is 4.39 Å². The smallest absolute Gasteiger partial charge is 0.124 e. The first-order valence-corrected chi connectivity index (χ1v) is 6.39. The SMILES string of the molecule is CN(C)[Si](C)(C)CCF. The fraction of sp³-hybridized carbons (Fsp3) is 1.00. The summed E-state index contributed by atoms with van der Waals surface area (Å²) in [5, 5.41) is 0. The molecule has 1 nitrogen and oxygen atoms in total. The minimum absolute atomic E-state index is 0.169. The summed E-state index contributed by atoms with van der Waals surface area (Å²) in [4.78, 5) is 0. The van der Waals surface area contributed by atoms with Crippen LogP contribution < -0.4 is 0 Å². The van der Waals surface area contributed by atoms with Crippen molar-refractivity contribution >= 4 is 8.24 Å². The summed E-state index contributed by atoms with van der Waals surface area (Å²) in [6.45, 7) is 4.18. The van der Waals surface area contributed by atoms with Gasteiger partial charge in [-0.15, -0.1) is 0 Å². The highest BCUT2D eigenvalue weighted by molar-refractivity contribution is 6.74. The van der Waals surface area contributed by atoms with Gasteiger partial charge in [-0.1, -0.05) is 13.1 Å². The van der Waals surface area contributed by atoms with E-state index in [2.05, 4.69) is 17.7 Å². The molecule has 56 valence electrons. The molecule has 0 aliphatic rings. The second kappa shape index (κ2) is 3.32. The van der Waals surface area contributed by atoms with Gasteiger partial charge in [0.15, 0.2) is 0 Å². The third kappa shape index (κ3) is 2.96. The summed E-state index contributed by atoms with van der Waals surface area (Å²) in [5.74, 6) is 0. The standard InChI is InChI=1S/C6H16FNSi/c1-8(2)9(3,4)6-5-7/h5-6H2,1-4H3. The van der Waals surface area contributed by atoms with E-state index in [1.54, 1.807) is 0 Å². The molecule has 0 N–H and O–H groups in total. The molecular weight excluding hydrogens is 133 g/mol.